The SMILES string of the molecule is S=C(NCc1nc2ccccc2[nH]1)N[C@@H]1C[C@H]2CC[C@@H]1C2. The molecule has 1 aromatic heterocycles. The molecule has 2 aromatic rings. The van der Waals surface area contributed by atoms with Crippen LogP contribution in [-0.4, -0.2) is 21.1 Å². The molecule has 21 heavy (non-hydrogen) atoms. The summed E-state index contributed by atoms with van der Waals surface area (Å²) in [5.74, 6) is 2.69. The molecule has 2 aliphatic carbocycles. The molecule has 1 heterocycles. The van der Waals surface area contributed by atoms with Gasteiger partial charge in [0, 0.05) is 6.04 Å². The Balaban J connectivity index is 1.32. The van der Waals surface area contributed by atoms with Crippen molar-refractivity contribution in [1.82, 2.24) is 20.6 Å². The molecule has 3 N–H and O–H groups in total. The van der Waals surface area contributed by atoms with Crippen molar-refractivity contribution in [3.8, 4) is 0 Å². The quantitative estimate of drug-likeness (QED) is 0.763. The number of thiocarbonyl (C=S) groups is 1. The summed E-state index contributed by atoms with van der Waals surface area (Å²) in [5.41, 5.74) is 2.07. The predicted molar refractivity (Wildman–Crippen MR) is 87.9 cm³/mol. The molecule has 0 radical (unpaired) electrons. The van der Waals surface area contributed by atoms with Crippen molar-refractivity contribution in [2.75, 3.05) is 0 Å². The Morgan fingerprint density at radius 1 is 1.29 bits per heavy atom. The Bertz CT molecular complexity index is 632. The van der Waals surface area contributed by atoms with Gasteiger partial charge in [0.2, 0.25) is 0 Å². The van der Waals surface area contributed by atoms with E-state index in [2.05, 4.69) is 20.6 Å². The van der Waals surface area contributed by atoms with Crippen LogP contribution in [0.3, 0.4) is 0 Å². The van der Waals surface area contributed by atoms with E-state index in [1.807, 2.05) is 24.3 Å². The molecule has 2 bridgehead atoms. The van der Waals surface area contributed by atoms with Crippen molar-refractivity contribution < 1.29 is 0 Å². The molecule has 1 aromatic carbocycles. The topological polar surface area (TPSA) is 52.7 Å². The first kappa shape index (κ1) is 13.1. The number of nitrogens with one attached hydrogen (secondary N) is 3. The Morgan fingerprint density at radius 2 is 2.19 bits per heavy atom. The van der Waals surface area contributed by atoms with Crippen LogP contribution in [0, 0.1) is 11.8 Å². The second kappa shape index (κ2) is 5.30. The summed E-state index contributed by atoms with van der Waals surface area (Å²) >= 11 is 5.42. The second-order valence-corrected chi connectivity index (χ2v) is 6.72. The van der Waals surface area contributed by atoms with Crippen molar-refractivity contribution in [1.29, 1.82) is 0 Å². The van der Waals surface area contributed by atoms with Crippen molar-refractivity contribution in [2.45, 2.75) is 38.3 Å². The van der Waals surface area contributed by atoms with Crippen LogP contribution in [-0.2, 0) is 6.54 Å². The number of imidazole rings is 1. The molecule has 0 aliphatic heterocycles. The molecule has 2 saturated carbocycles. The highest BCUT2D eigenvalue weighted by atomic mass is 32.1. The van der Waals surface area contributed by atoms with Gasteiger partial charge in [-0.2, -0.15) is 0 Å². The summed E-state index contributed by atoms with van der Waals surface area (Å²) in [4.78, 5) is 7.86. The van der Waals surface area contributed by atoms with E-state index in [0.717, 1.165) is 33.8 Å². The van der Waals surface area contributed by atoms with E-state index in [1.165, 1.54) is 25.7 Å². The maximum absolute atomic E-state index is 5.42. The van der Waals surface area contributed by atoms with Crippen LogP contribution < -0.4 is 10.6 Å². The fourth-order valence-corrected chi connectivity index (χ4v) is 4.12. The van der Waals surface area contributed by atoms with Gasteiger partial charge in [0.1, 0.15) is 5.82 Å². The second-order valence-electron chi connectivity index (χ2n) is 6.31. The lowest BCUT2D eigenvalue weighted by Crippen LogP contribution is -2.44. The first-order valence-electron chi connectivity index (χ1n) is 7.76. The maximum atomic E-state index is 5.42. The number of aromatic amines is 1. The number of H-pyrrole nitrogens is 1. The third-order valence-corrected chi connectivity index (χ3v) is 5.17. The zero-order valence-electron chi connectivity index (χ0n) is 11.9. The Labute approximate surface area is 129 Å². The number of nitrogens with zero attached hydrogens (tertiary/aromatic N) is 1. The number of aromatic nitrogens is 2. The van der Waals surface area contributed by atoms with Crippen LogP contribution in [0.25, 0.3) is 11.0 Å². The Kier molecular flexibility index (Phi) is 3.30. The van der Waals surface area contributed by atoms with Crippen LogP contribution >= 0.6 is 12.2 Å². The highest BCUT2D eigenvalue weighted by molar-refractivity contribution is 7.80. The van der Waals surface area contributed by atoms with E-state index in [0.29, 0.717) is 12.6 Å². The monoisotopic (exact) mass is 300 g/mol. The predicted octanol–water partition coefficient (Wildman–Crippen LogP) is 2.72. The third-order valence-electron chi connectivity index (χ3n) is 4.91. The van der Waals surface area contributed by atoms with E-state index < -0.39 is 0 Å². The van der Waals surface area contributed by atoms with Gasteiger partial charge in [-0.25, -0.2) is 4.98 Å². The van der Waals surface area contributed by atoms with Gasteiger partial charge in [0.25, 0.3) is 0 Å². The summed E-state index contributed by atoms with van der Waals surface area (Å²) in [6, 6.07) is 8.65. The molecule has 110 valence electrons. The molecule has 0 unspecified atom stereocenters. The van der Waals surface area contributed by atoms with Crippen LogP contribution in [0.4, 0.5) is 0 Å². The first-order valence-corrected chi connectivity index (χ1v) is 8.17. The molecule has 0 spiro atoms. The molecule has 4 rings (SSSR count). The minimum Gasteiger partial charge on any atom is -0.360 e. The summed E-state index contributed by atoms with van der Waals surface area (Å²) < 4.78 is 0. The molecule has 4 nitrogen and oxygen atoms in total. The highest BCUT2D eigenvalue weighted by Gasteiger charge is 2.39. The number of benzene rings is 1. The van der Waals surface area contributed by atoms with Gasteiger partial charge in [-0.1, -0.05) is 18.6 Å². The fourth-order valence-electron chi connectivity index (χ4n) is 3.89. The van der Waals surface area contributed by atoms with Crippen molar-refractivity contribution >= 4 is 28.4 Å². The van der Waals surface area contributed by atoms with Gasteiger partial charge in [0.05, 0.1) is 17.6 Å². The maximum Gasteiger partial charge on any atom is 0.166 e. The number of hydrogen-bond donors (Lipinski definition) is 3. The number of fused-ring (bicyclic) bond motifs is 3. The van der Waals surface area contributed by atoms with E-state index in [9.17, 15) is 0 Å². The summed E-state index contributed by atoms with van der Waals surface area (Å²) in [7, 11) is 0. The van der Waals surface area contributed by atoms with Crippen LogP contribution in [0.15, 0.2) is 24.3 Å². The lowest BCUT2D eigenvalue weighted by atomic mass is 9.96. The van der Waals surface area contributed by atoms with Crippen LogP contribution in [0.2, 0.25) is 0 Å². The highest BCUT2D eigenvalue weighted by Crippen LogP contribution is 2.44. The Hall–Kier alpha value is -1.62. The fraction of sp³-hybridized carbons (Fsp3) is 0.500. The first-order chi connectivity index (χ1) is 10.3. The van der Waals surface area contributed by atoms with E-state index in [-0.39, 0.29) is 0 Å². The smallest absolute Gasteiger partial charge is 0.166 e. The zero-order chi connectivity index (χ0) is 14.2. The normalized spacial score (nSPS) is 27.1. The van der Waals surface area contributed by atoms with E-state index in [1.54, 1.807) is 0 Å². The molecule has 2 aliphatic rings. The van der Waals surface area contributed by atoms with Gasteiger partial charge >= 0.3 is 0 Å². The van der Waals surface area contributed by atoms with E-state index >= 15 is 0 Å². The minimum absolute atomic E-state index is 0.583. The number of hydrogen-bond acceptors (Lipinski definition) is 2. The number of para-hydroxylation sites is 2. The molecule has 0 saturated heterocycles. The average Bonchev–Trinajstić information content (AvgIpc) is 3.19. The lowest BCUT2D eigenvalue weighted by molar-refractivity contribution is 0.389. The third kappa shape index (κ3) is 2.62. The van der Waals surface area contributed by atoms with Gasteiger partial charge in [-0.3, -0.25) is 0 Å². The van der Waals surface area contributed by atoms with Gasteiger partial charge in [-0.15, -0.1) is 0 Å². The van der Waals surface area contributed by atoms with Crippen LogP contribution in [0.1, 0.15) is 31.5 Å². The number of rotatable bonds is 3. The molecular weight excluding hydrogens is 280 g/mol. The molecule has 5 heteroatoms. The lowest BCUT2D eigenvalue weighted by Gasteiger charge is -2.24. The minimum atomic E-state index is 0.583. The van der Waals surface area contributed by atoms with Crippen molar-refractivity contribution in [3.05, 3.63) is 30.1 Å². The van der Waals surface area contributed by atoms with Crippen molar-refractivity contribution in [3.63, 3.8) is 0 Å². The largest absolute Gasteiger partial charge is 0.360 e. The molecule has 0 amide bonds. The molecular formula is C16H20N4S. The summed E-state index contributed by atoms with van der Waals surface area (Å²) in [6.07, 6.45) is 5.47. The van der Waals surface area contributed by atoms with Crippen LogP contribution in [0.5, 0.6) is 0 Å². The molecule has 3 atom stereocenters. The Morgan fingerprint density at radius 3 is 2.95 bits per heavy atom. The van der Waals surface area contributed by atoms with Gasteiger partial charge < -0.3 is 15.6 Å². The summed E-state index contributed by atoms with van der Waals surface area (Å²) in [6.45, 7) is 0.640. The zero-order valence-corrected chi connectivity index (χ0v) is 12.7. The average molecular weight is 300 g/mol. The van der Waals surface area contributed by atoms with Gasteiger partial charge in [-0.05, 0) is 55.4 Å². The van der Waals surface area contributed by atoms with Crippen molar-refractivity contribution in [2.24, 2.45) is 11.8 Å². The molecule has 2 fully saturated rings. The standard InChI is InChI=1S/C16H20N4S/c21-16(20-14-8-10-5-6-11(14)7-10)17-9-15-18-12-3-1-2-4-13(12)19-15/h1-4,10-11,14H,5-9H2,(H,18,19)(H2,17,20,21)/t10-,11+,14+/m0/s1. The summed E-state index contributed by atoms with van der Waals surface area (Å²) in [5, 5.41) is 7.52. The van der Waals surface area contributed by atoms with E-state index in [4.69, 9.17) is 12.2 Å². The van der Waals surface area contributed by atoms with Gasteiger partial charge in [0.15, 0.2) is 5.11 Å².